The molecule has 0 bridgehead atoms. The molecule has 1 fully saturated rings. The molecule has 10 heavy (non-hydrogen) atoms. The van der Waals surface area contributed by atoms with Crippen molar-refractivity contribution in [2.45, 2.75) is 12.3 Å². The van der Waals surface area contributed by atoms with Crippen LogP contribution in [0.15, 0.2) is 0 Å². The van der Waals surface area contributed by atoms with E-state index in [4.69, 9.17) is 4.74 Å². The Morgan fingerprint density at radius 2 is 2.40 bits per heavy atom. The SMILES string of the molecule is CSC(C)NCC1COC1. The van der Waals surface area contributed by atoms with Crippen molar-refractivity contribution in [2.75, 3.05) is 26.0 Å². The van der Waals surface area contributed by atoms with Crippen LogP contribution in [0, 0.1) is 5.92 Å². The van der Waals surface area contributed by atoms with Crippen LogP contribution in [0.4, 0.5) is 0 Å². The Kier molecular flexibility index (Phi) is 3.52. The summed E-state index contributed by atoms with van der Waals surface area (Å²) < 4.78 is 5.05. The summed E-state index contributed by atoms with van der Waals surface area (Å²) in [5, 5.41) is 4.00. The van der Waals surface area contributed by atoms with Gasteiger partial charge in [0.2, 0.25) is 0 Å². The zero-order valence-electron chi connectivity index (χ0n) is 6.59. The van der Waals surface area contributed by atoms with Crippen LogP contribution in [0.1, 0.15) is 6.92 Å². The van der Waals surface area contributed by atoms with E-state index in [1.807, 2.05) is 11.8 Å². The van der Waals surface area contributed by atoms with Crippen molar-refractivity contribution in [3.05, 3.63) is 0 Å². The summed E-state index contributed by atoms with van der Waals surface area (Å²) in [6.07, 6.45) is 2.12. The van der Waals surface area contributed by atoms with Crippen LogP contribution in [0.5, 0.6) is 0 Å². The summed E-state index contributed by atoms with van der Waals surface area (Å²) in [6, 6.07) is 0. The van der Waals surface area contributed by atoms with Crippen LogP contribution in [0.25, 0.3) is 0 Å². The first-order chi connectivity index (χ1) is 4.83. The molecule has 0 saturated carbocycles. The standard InChI is InChI=1S/C7H15NOS/c1-6(10-2)8-3-7-4-9-5-7/h6-8H,3-5H2,1-2H3. The fraction of sp³-hybridized carbons (Fsp3) is 1.00. The van der Waals surface area contributed by atoms with Crippen molar-refractivity contribution in [2.24, 2.45) is 5.92 Å². The highest BCUT2D eigenvalue weighted by Gasteiger charge is 2.17. The third-order valence-corrected chi connectivity index (χ3v) is 2.63. The van der Waals surface area contributed by atoms with E-state index in [2.05, 4.69) is 18.5 Å². The van der Waals surface area contributed by atoms with Gasteiger partial charge in [-0.05, 0) is 13.2 Å². The molecule has 1 atom stereocenters. The predicted molar refractivity (Wildman–Crippen MR) is 45.3 cm³/mol. The van der Waals surface area contributed by atoms with Crippen molar-refractivity contribution in [1.82, 2.24) is 5.32 Å². The summed E-state index contributed by atoms with van der Waals surface area (Å²) in [5.41, 5.74) is 0. The topological polar surface area (TPSA) is 21.3 Å². The minimum Gasteiger partial charge on any atom is -0.381 e. The van der Waals surface area contributed by atoms with Gasteiger partial charge in [-0.25, -0.2) is 0 Å². The van der Waals surface area contributed by atoms with E-state index in [1.165, 1.54) is 0 Å². The van der Waals surface area contributed by atoms with Gasteiger partial charge in [-0.1, -0.05) is 0 Å². The Labute approximate surface area is 66.7 Å². The van der Waals surface area contributed by atoms with Gasteiger partial charge in [-0.2, -0.15) is 0 Å². The fourth-order valence-electron chi connectivity index (χ4n) is 0.818. The third-order valence-electron chi connectivity index (χ3n) is 1.75. The normalized spacial score (nSPS) is 22.2. The minimum atomic E-state index is 0.584. The average Bonchev–Trinajstić information content (AvgIpc) is 1.84. The van der Waals surface area contributed by atoms with Gasteiger partial charge >= 0.3 is 0 Å². The summed E-state index contributed by atoms with van der Waals surface area (Å²) >= 11 is 1.85. The number of nitrogens with one attached hydrogen (secondary N) is 1. The summed E-state index contributed by atoms with van der Waals surface area (Å²) in [4.78, 5) is 0. The van der Waals surface area contributed by atoms with E-state index >= 15 is 0 Å². The maximum absolute atomic E-state index is 5.05. The van der Waals surface area contributed by atoms with E-state index < -0.39 is 0 Å². The van der Waals surface area contributed by atoms with Crippen LogP contribution >= 0.6 is 11.8 Å². The molecule has 1 aliphatic heterocycles. The van der Waals surface area contributed by atoms with Gasteiger partial charge in [0.15, 0.2) is 0 Å². The zero-order valence-corrected chi connectivity index (χ0v) is 7.41. The summed E-state index contributed by atoms with van der Waals surface area (Å²) in [5.74, 6) is 0.773. The zero-order chi connectivity index (χ0) is 7.40. The first-order valence-corrected chi connectivity index (χ1v) is 4.95. The molecule has 1 aliphatic rings. The highest BCUT2D eigenvalue weighted by molar-refractivity contribution is 7.99. The lowest BCUT2D eigenvalue weighted by Crippen LogP contribution is -2.39. The van der Waals surface area contributed by atoms with E-state index in [-0.39, 0.29) is 0 Å². The lowest BCUT2D eigenvalue weighted by molar-refractivity contribution is -0.0307. The van der Waals surface area contributed by atoms with Crippen molar-refractivity contribution >= 4 is 11.8 Å². The van der Waals surface area contributed by atoms with Crippen LogP contribution in [-0.4, -0.2) is 31.4 Å². The van der Waals surface area contributed by atoms with E-state index in [0.717, 1.165) is 25.7 Å². The Morgan fingerprint density at radius 1 is 1.70 bits per heavy atom. The molecule has 1 unspecified atom stereocenters. The predicted octanol–water partition coefficient (Wildman–Crippen LogP) is 0.931. The monoisotopic (exact) mass is 161 g/mol. The quantitative estimate of drug-likeness (QED) is 0.620. The number of rotatable bonds is 4. The Balaban J connectivity index is 1.93. The van der Waals surface area contributed by atoms with Crippen molar-refractivity contribution < 1.29 is 4.74 Å². The Bertz CT molecular complexity index is 90.9. The van der Waals surface area contributed by atoms with Crippen molar-refractivity contribution in [3.8, 4) is 0 Å². The lowest BCUT2D eigenvalue weighted by atomic mass is 10.1. The fourth-order valence-corrected chi connectivity index (χ4v) is 1.08. The smallest absolute Gasteiger partial charge is 0.0528 e. The second-order valence-electron chi connectivity index (χ2n) is 2.69. The average molecular weight is 161 g/mol. The molecule has 2 nitrogen and oxygen atoms in total. The minimum absolute atomic E-state index is 0.584. The summed E-state index contributed by atoms with van der Waals surface area (Å²) in [6.45, 7) is 5.20. The largest absolute Gasteiger partial charge is 0.381 e. The molecule has 1 N–H and O–H groups in total. The van der Waals surface area contributed by atoms with Gasteiger partial charge in [-0.3, -0.25) is 0 Å². The molecule has 0 aromatic heterocycles. The number of hydrogen-bond donors (Lipinski definition) is 1. The molecule has 1 rings (SSSR count). The van der Waals surface area contributed by atoms with Crippen LogP contribution in [0.2, 0.25) is 0 Å². The van der Waals surface area contributed by atoms with Crippen LogP contribution < -0.4 is 5.32 Å². The maximum atomic E-state index is 5.05. The molecule has 0 aromatic rings. The third kappa shape index (κ3) is 2.48. The number of thioether (sulfide) groups is 1. The molecule has 0 aromatic carbocycles. The van der Waals surface area contributed by atoms with Gasteiger partial charge in [0, 0.05) is 12.5 Å². The molecule has 0 amide bonds. The van der Waals surface area contributed by atoms with Gasteiger partial charge in [0.05, 0.1) is 18.6 Å². The van der Waals surface area contributed by atoms with Crippen LogP contribution in [-0.2, 0) is 4.74 Å². The molecule has 1 saturated heterocycles. The van der Waals surface area contributed by atoms with Crippen molar-refractivity contribution in [1.29, 1.82) is 0 Å². The Morgan fingerprint density at radius 3 is 2.80 bits per heavy atom. The lowest BCUT2D eigenvalue weighted by Gasteiger charge is -2.27. The summed E-state index contributed by atoms with van der Waals surface area (Å²) in [7, 11) is 0. The molecule has 60 valence electrons. The molecular weight excluding hydrogens is 146 g/mol. The first kappa shape index (κ1) is 8.37. The van der Waals surface area contributed by atoms with E-state index in [1.54, 1.807) is 0 Å². The molecule has 0 spiro atoms. The maximum Gasteiger partial charge on any atom is 0.0528 e. The molecule has 0 radical (unpaired) electrons. The van der Waals surface area contributed by atoms with Crippen molar-refractivity contribution in [3.63, 3.8) is 0 Å². The highest BCUT2D eigenvalue weighted by Crippen LogP contribution is 2.09. The molecule has 1 heterocycles. The first-order valence-electron chi connectivity index (χ1n) is 3.67. The van der Waals surface area contributed by atoms with Gasteiger partial charge in [0.25, 0.3) is 0 Å². The van der Waals surface area contributed by atoms with E-state index in [9.17, 15) is 0 Å². The van der Waals surface area contributed by atoms with Crippen LogP contribution in [0.3, 0.4) is 0 Å². The Hall–Kier alpha value is 0.270. The van der Waals surface area contributed by atoms with Gasteiger partial charge < -0.3 is 10.1 Å². The second kappa shape index (κ2) is 4.21. The molecule has 0 aliphatic carbocycles. The highest BCUT2D eigenvalue weighted by atomic mass is 32.2. The van der Waals surface area contributed by atoms with Gasteiger partial charge in [-0.15, -0.1) is 11.8 Å². The number of ether oxygens (including phenoxy) is 1. The second-order valence-corrected chi connectivity index (χ2v) is 3.87. The molecular formula is C7H15NOS. The van der Waals surface area contributed by atoms with E-state index in [0.29, 0.717) is 5.37 Å². The van der Waals surface area contributed by atoms with Gasteiger partial charge in [0.1, 0.15) is 0 Å². The molecule has 3 heteroatoms. The number of hydrogen-bond acceptors (Lipinski definition) is 3.